The van der Waals surface area contributed by atoms with E-state index in [0.29, 0.717) is 18.1 Å². The Labute approximate surface area is 206 Å². The predicted octanol–water partition coefficient (Wildman–Crippen LogP) is 3.20. The summed E-state index contributed by atoms with van der Waals surface area (Å²) in [6.45, 7) is 3.79. The highest BCUT2D eigenvalue weighted by Crippen LogP contribution is 2.57. The molecule has 1 aromatic heterocycles. The van der Waals surface area contributed by atoms with Gasteiger partial charge in [-0.3, -0.25) is 27.9 Å². The van der Waals surface area contributed by atoms with Crippen molar-refractivity contribution >= 4 is 19.4 Å². The van der Waals surface area contributed by atoms with Gasteiger partial charge in [0.1, 0.15) is 17.8 Å². The zero-order chi connectivity index (χ0) is 25.2. The molecule has 0 saturated carbocycles. The Bertz CT molecular complexity index is 1200. The fraction of sp³-hybridized carbons (Fsp3) is 0.545. The summed E-state index contributed by atoms with van der Waals surface area (Å²) in [6.07, 6.45) is -1.18. The van der Waals surface area contributed by atoms with Gasteiger partial charge in [-0.05, 0) is 31.5 Å². The first-order valence-corrected chi connectivity index (χ1v) is 13.0. The van der Waals surface area contributed by atoms with Crippen molar-refractivity contribution in [2.75, 3.05) is 26.9 Å². The number of aromatic nitrogens is 2. The molecule has 6 atom stereocenters. The van der Waals surface area contributed by atoms with Crippen LogP contribution in [0.5, 0.6) is 0 Å². The van der Waals surface area contributed by atoms with Crippen LogP contribution in [-0.4, -0.2) is 54.3 Å². The van der Waals surface area contributed by atoms with E-state index < -0.39 is 49.2 Å². The van der Waals surface area contributed by atoms with Crippen molar-refractivity contribution in [3.63, 3.8) is 0 Å². The summed E-state index contributed by atoms with van der Waals surface area (Å²) in [7, 11) is -2.48. The van der Waals surface area contributed by atoms with Crippen LogP contribution in [0.15, 0.2) is 46.1 Å². The highest BCUT2D eigenvalue weighted by molar-refractivity contribution is 7.48. The molecule has 2 aliphatic heterocycles. The lowest BCUT2D eigenvalue weighted by molar-refractivity contribution is -0.133. The summed E-state index contributed by atoms with van der Waals surface area (Å²) in [5.74, 6) is 0. The lowest BCUT2D eigenvalue weighted by Gasteiger charge is -2.34. The molecule has 11 nitrogen and oxygen atoms in total. The molecule has 0 spiro atoms. The largest absolute Gasteiger partial charge is 0.475 e. The fourth-order valence-electron chi connectivity index (χ4n) is 4.31. The molecule has 2 saturated heterocycles. The van der Waals surface area contributed by atoms with E-state index in [-0.39, 0.29) is 13.2 Å². The first kappa shape index (κ1) is 26.2. The molecule has 1 aromatic carbocycles. The normalized spacial score (nSPS) is 33.1. The van der Waals surface area contributed by atoms with Crippen LogP contribution in [0.4, 0.5) is 0 Å². The second-order valence-corrected chi connectivity index (χ2v) is 10.4. The molecule has 0 radical (unpaired) electrons. The topological polar surface area (TPSA) is 127 Å². The summed E-state index contributed by atoms with van der Waals surface area (Å²) in [5, 5.41) is 0.537. The zero-order valence-electron chi connectivity index (χ0n) is 19.5. The summed E-state index contributed by atoms with van der Waals surface area (Å²) in [5.41, 5.74) is -1.58. The first-order chi connectivity index (χ1) is 16.7. The van der Waals surface area contributed by atoms with E-state index in [0.717, 1.165) is 5.56 Å². The van der Waals surface area contributed by atoms with Crippen molar-refractivity contribution in [1.29, 1.82) is 0 Å². The van der Waals surface area contributed by atoms with Gasteiger partial charge < -0.3 is 14.2 Å². The van der Waals surface area contributed by atoms with E-state index in [1.807, 2.05) is 6.07 Å². The lowest BCUT2D eigenvalue weighted by atomic mass is 9.95. The van der Waals surface area contributed by atoms with Gasteiger partial charge in [0, 0.05) is 37.4 Å². The Kier molecular flexibility index (Phi) is 7.99. The van der Waals surface area contributed by atoms with Crippen LogP contribution in [0, 0.1) is 0 Å². The molecule has 2 fully saturated rings. The standard InChI is InChI=1S/C22H28ClN2O9P/c1-4-30-19-17(33-20(22(19,2)29-3)25-10-8-18(26)24-21(25)27)13-32-35(28)31-11-9-16(34-35)14-6-5-7-15(23)12-14/h5-8,10,12,16-17,19-20H,4,9,11,13H2,1-3H3,(H,24,26,27). The minimum Gasteiger partial charge on any atom is -0.373 e. The van der Waals surface area contributed by atoms with Gasteiger partial charge >= 0.3 is 13.5 Å². The SMILES string of the molecule is CCOC1C(COP2(=O)OCCC(c3cccc(Cl)c3)O2)OC(n2ccc(=O)[nH]c2=O)C1(C)OC. The summed E-state index contributed by atoms with van der Waals surface area (Å²) < 4.78 is 49.0. The van der Waals surface area contributed by atoms with E-state index in [1.165, 1.54) is 23.9 Å². The molecule has 13 heteroatoms. The van der Waals surface area contributed by atoms with Crippen molar-refractivity contribution in [2.24, 2.45) is 0 Å². The van der Waals surface area contributed by atoms with Gasteiger partial charge in [0.05, 0.1) is 19.3 Å². The van der Waals surface area contributed by atoms with Crippen molar-refractivity contribution in [1.82, 2.24) is 9.55 Å². The number of rotatable bonds is 8. The monoisotopic (exact) mass is 530 g/mol. The minimum atomic E-state index is -3.94. The van der Waals surface area contributed by atoms with Crippen molar-refractivity contribution in [2.45, 2.75) is 50.4 Å². The molecule has 192 valence electrons. The Morgan fingerprint density at radius 2 is 2.11 bits per heavy atom. The fourth-order valence-corrected chi connectivity index (χ4v) is 5.90. The van der Waals surface area contributed by atoms with Gasteiger partial charge in [-0.15, -0.1) is 0 Å². The Morgan fingerprint density at radius 1 is 1.31 bits per heavy atom. The molecule has 6 unspecified atom stereocenters. The summed E-state index contributed by atoms with van der Waals surface area (Å²) in [6, 6.07) is 8.30. The molecular weight excluding hydrogens is 503 g/mol. The summed E-state index contributed by atoms with van der Waals surface area (Å²) >= 11 is 6.08. The van der Waals surface area contributed by atoms with E-state index in [2.05, 4.69) is 4.98 Å². The number of nitrogens with zero attached hydrogens (tertiary/aromatic N) is 1. The number of phosphoric ester groups is 1. The number of benzene rings is 1. The van der Waals surface area contributed by atoms with E-state index >= 15 is 0 Å². The van der Waals surface area contributed by atoms with Gasteiger partial charge in [-0.2, -0.15) is 0 Å². The third-order valence-corrected chi connectivity index (χ3v) is 7.80. The first-order valence-electron chi connectivity index (χ1n) is 11.2. The average Bonchev–Trinajstić information content (AvgIpc) is 3.10. The second kappa shape index (κ2) is 10.7. The van der Waals surface area contributed by atoms with Gasteiger partial charge in [0.15, 0.2) is 6.23 Å². The maximum absolute atomic E-state index is 13.3. The van der Waals surface area contributed by atoms with Gasteiger partial charge in [0.25, 0.3) is 5.56 Å². The second-order valence-electron chi connectivity index (χ2n) is 8.32. The van der Waals surface area contributed by atoms with E-state index in [4.69, 9.17) is 39.4 Å². The molecule has 4 rings (SSSR count). The smallest absolute Gasteiger partial charge is 0.373 e. The predicted molar refractivity (Wildman–Crippen MR) is 125 cm³/mol. The molecule has 0 amide bonds. The minimum absolute atomic E-state index is 0.167. The number of nitrogens with one attached hydrogen (secondary N) is 1. The highest BCUT2D eigenvalue weighted by atomic mass is 35.5. The number of ether oxygens (including phenoxy) is 3. The number of hydrogen-bond donors (Lipinski definition) is 1. The molecule has 0 aliphatic carbocycles. The maximum Gasteiger partial charge on any atom is 0.475 e. The van der Waals surface area contributed by atoms with Gasteiger partial charge in [0.2, 0.25) is 0 Å². The highest BCUT2D eigenvalue weighted by Gasteiger charge is 2.57. The third kappa shape index (κ3) is 5.47. The van der Waals surface area contributed by atoms with Gasteiger partial charge in [-0.1, -0.05) is 23.7 Å². The quantitative estimate of drug-likeness (QED) is 0.512. The van der Waals surface area contributed by atoms with E-state index in [1.54, 1.807) is 32.0 Å². The third-order valence-electron chi connectivity index (χ3n) is 6.09. The number of phosphoric acid groups is 1. The van der Waals surface area contributed by atoms with Crippen LogP contribution < -0.4 is 11.2 Å². The molecular formula is C22H28ClN2O9P. The number of aromatic amines is 1. The van der Waals surface area contributed by atoms with Crippen LogP contribution in [0.2, 0.25) is 5.02 Å². The zero-order valence-corrected chi connectivity index (χ0v) is 21.2. The average molecular weight is 531 g/mol. The van der Waals surface area contributed by atoms with Crippen molar-refractivity contribution < 1.29 is 32.3 Å². The van der Waals surface area contributed by atoms with Crippen LogP contribution in [0.1, 0.15) is 38.2 Å². The maximum atomic E-state index is 13.3. The number of H-pyrrole nitrogens is 1. The molecule has 0 bridgehead atoms. The van der Waals surface area contributed by atoms with Crippen molar-refractivity contribution in [3.8, 4) is 0 Å². The van der Waals surface area contributed by atoms with Gasteiger partial charge in [-0.25, -0.2) is 9.36 Å². The summed E-state index contributed by atoms with van der Waals surface area (Å²) in [4.78, 5) is 26.2. The van der Waals surface area contributed by atoms with Crippen LogP contribution in [-0.2, 0) is 32.3 Å². The molecule has 2 aliphatic rings. The Morgan fingerprint density at radius 3 is 2.80 bits per heavy atom. The molecule has 3 heterocycles. The van der Waals surface area contributed by atoms with Crippen LogP contribution >= 0.6 is 19.4 Å². The molecule has 35 heavy (non-hydrogen) atoms. The van der Waals surface area contributed by atoms with E-state index in [9.17, 15) is 14.2 Å². The molecule has 1 N–H and O–H groups in total. The molecule has 2 aromatic rings. The Hall–Kier alpha value is -1.82. The number of methoxy groups -OCH3 is 1. The van der Waals surface area contributed by atoms with Crippen LogP contribution in [0.25, 0.3) is 0 Å². The Balaban J connectivity index is 1.54. The number of hydrogen-bond acceptors (Lipinski definition) is 9. The van der Waals surface area contributed by atoms with Crippen molar-refractivity contribution in [3.05, 3.63) is 68.0 Å². The van der Waals surface area contributed by atoms with Crippen LogP contribution in [0.3, 0.4) is 0 Å². The number of halogens is 1. The lowest BCUT2D eigenvalue weighted by Crippen LogP contribution is -2.49.